The minimum absolute atomic E-state index is 0.167. The second-order valence-corrected chi connectivity index (χ2v) is 11.4. The summed E-state index contributed by atoms with van der Waals surface area (Å²) in [6.07, 6.45) is 5.21. The zero-order valence-electron chi connectivity index (χ0n) is 17.8. The summed E-state index contributed by atoms with van der Waals surface area (Å²) in [6.45, 7) is 1.91. The number of ether oxygens (including phenoxy) is 1. The summed E-state index contributed by atoms with van der Waals surface area (Å²) in [5.74, 6) is 0.494. The summed E-state index contributed by atoms with van der Waals surface area (Å²) in [5.41, 5.74) is 2.40. The summed E-state index contributed by atoms with van der Waals surface area (Å²) in [4.78, 5) is 13.8. The van der Waals surface area contributed by atoms with Crippen molar-refractivity contribution < 1.29 is 17.9 Å². The van der Waals surface area contributed by atoms with Crippen molar-refractivity contribution in [1.82, 2.24) is 0 Å². The SMILES string of the molecule is Cc1ccc(S(=O)(=O)c2csc3c2NC(=O)C[C@H]3c2ccc(OC3CCCC3)cc2)cc1. The van der Waals surface area contributed by atoms with E-state index in [9.17, 15) is 13.2 Å². The maximum Gasteiger partial charge on any atom is 0.225 e. The minimum atomic E-state index is -3.73. The van der Waals surface area contributed by atoms with Crippen molar-refractivity contribution in [3.05, 3.63) is 69.9 Å². The van der Waals surface area contributed by atoms with Gasteiger partial charge >= 0.3 is 0 Å². The normalized spacial score (nSPS) is 18.9. The van der Waals surface area contributed by atoms with Crippen LogP contribution in [0, 0.1) is 6.92 Å². The molecule has 1 fully saturated rings. The van der Waals surface area contributed by atoms with Crippen LogP contribution in [0.1, 0.15) is 54.0 Å². The lowest BCUT2D eigenvalue weighted by molar-refractivity contribution is -0.116. The Balaban J connectivity index is 1.46. The number of rotatable bonds is 5. The summed E-state index contributed by atoms with van der Waals surface area (Å²) >= 11 is 1.39. The molecule has 3 aromatic rings. The number of fused-ring (bicyclic) bond motifs is 1. The molecule has 1 N–H and O–H groups in total. The lowest BCUT2D eigenvalue weighted by atomic mass is 9.90. The average Bonchev–Trinajstić information content (AvgIpc) is 3.44. The maximum atomic E-state index is 13.3. The third-order valence-electron chi connectivity index (χ3n) is 6.26. The van der Waals surface area contributed by atoms with Crippen molar-refractivity contribution in [2.45, 2.75) is 60.8 Å². The van der Waals surface area contributed by atoms with Crippen LogP contribution in [0.2, 0.25) is 0 Å². The van der Waals surface area contributed by atoms with Crippen molar-refractivity contribution in [2.75, 3.05) is 5.32 Å². The Morgan fingerprint density at radius 1 is 1.00 bits per heavy atom. The molecule has 0 spiro atoms. The molecular weight excluding hydrogens is 442 g/mol. The molecule has 7 heteroatoms. The maximum absolute atomic E-state index is 13.3. The second kappa shape index (κ2) is 8.37. The first kappa shape index (κ1) is 21.2. The van der Waals surface area contributed by atoms with Crippen LogP contribution in [0.3, 0.4) is 0 Å². The number of amides is 1. The Morgan fingerprint density at radius 3 is 2.38 bits per heavy atom. The van der Waals surface area contributed by atoms with Gasteiger partial charge in [-0.1, -0.05) is 29.8 Å². The van der Waals surface area contributed by atoms with E-state index in [1.807, 2.05) is 31.2 Å². The van der Waals surface area contributed by atoms with E-state index in [0.717, 1.165) is 34.6 Å². The first-order chi connectivity index (χ1) is 15.4. The number of carbonyl (C=O) groups is 1. The molecule has 1 aliphatic heterocycles. The van der Waals surface area contributed by atoms with E-state index >= 15 is 0 Å². The van der Waals surface area contributed by atoms with Gasteiger partial charge in [-0.05, 0) is 62.4 Å². The average molecular weight is 468 g/mol. The van der Waals surface area contributed by atoms with E-state index < -0.39 is 9.84 Å². The molecule has 32 heavy (non-hydrogen) atoms. The summed E-state index contributed by atoms with van der Waals surface area (Å²) in [5, 5.41) is 4.47. The minimum Gasteiger partial charge on any atom is -0.490 e. The highest BCUT2D eigenvalue weighted by Crippen LogP contribution is 2.46. The van der Waals surface area contributed by atoms with E-state index in [1.165, 1.54) is 24.2 Å². The second-order valence-electron chi connectivity index (χ2n) is 8.55. The number of benzene rings is 2. The van der Waals surface area contributed by atoms with Gasteiger partial charge in [-0.2, -0.15) is 0 Å². The molecule has 1 amide bonds. The highest BCUT2D eigenvalue weighted by molar-refractivity contribution is 7.91. The smallest absolute Gasteiger partial charge is 0.225 e. The number of thiophene rings is 1. The van der Waals surface area contributed by atoms with Crippen molar-refractivity contribution in [1.29, 1.82) is 0 Å². The number of carbonyl (C=O) groups excluding carboxylic acids is 1. The zero-order valence-corrected chi connectivity index (χ0v) is 19.5. The van der Waals surface area contributed by atoms with Gasteiger partial charge in [0.2, 0.25) is 15.7 Å². The Hall–Kier alpha value is -2.64. The van der Waals surface area contributed by atoms with Crippen LogP contribution in [0.15, 0.2) is 63.7 Å². The van der Waals surface area contributed by atoms with Gasteiger partial charge < -0.3 is 10.1 Å². The topological polar surface area (TPSA) is 72.5 Å². The highest BCUT2D eigenvalue weighted by atomic mass is 32.2. The molecule has 1 saturated carbocycles. The summed E-state index contributed by atoms with van der Waals surface area (Å²) < 4.78 is 32.6. The number of aryl methyl sites for hydroxylation is 1. The van der Waals surface area contributed by atoms with Crippen molar-refractivity contribution >= 4 is 32.8 Å². The van der Waals surface area contributed by atoms with Crippen molar-refractivity contribution in [2.24, 2.45) is 0 Å². The number of sulfone groups is 1. The molecule has 0 unspecified atom stereocenters. The van der Waals surface area contributed by atoms with Crippen LogP contribution in [-0.2, 0) is 14.6 Å². The molecule has 5 nitrogen and oxygen atoms in total. The van der Waals surface area contributed by atoms with Gasteiger partial charge in [0.1, 0.15) is 10.6 Å². The Labute approximate surface area is 192 Å². The molecule has 166 valence electrons. The first-order valence-corrected chi connectivity index (χ1v) is 13.3. The van der Waals surface area contributed by atoms with E-state index in [-0.39, 0.29) is 21.6 Å². The molecule has 0 saturated heterocycles. The first-order valence-electron chi connectivity index (χ1n) is 10.9. The Morgan fingerprint density at radius 2 is 1.69 bits per heavy atom. The third kappa shape index (κ3) is 3.95. The molecule has 5 rings (SSSR count). The van der Waals surface area contributed by atoms with E-state index in [2.05, 4.69) is 5.32 Å². The van der Waals surface area contributed by atoms with Gasteiger partial charge in [0.25, 0.3) is 0 Å². The van der Waals surface area contributed by atoms with Crippen LogP contribution < -0.4 is 10.1 Å². The molecule has 1 aromatic heterocycles. The standard InChI is InChI=1S/C25H25NO4S2/c1-16-6-12-20(13-7-16)32(28,29)22-15-31-25-21(14-23(27)26-24(22)25)17-8-10-19(11-9-17)30-18-4-2-3-5-18/h6-13,15,18,21H,2-5,14H2,1H3,(H,26,27)/t21-/m0/s1. The van der Waals surface area contributed by atoms with Gasteiger partial charge in [-0.15, -0.1) is 11.3 Å². The fourth-order valence-electron chi connectivity index (χ4n) is 4.49. The lowest BCUT2D eigenvalue weighted by Gasteiger charge is -2.24. The number of hydrogen-bond donors (Lipinski definition) is 1. The molecule has 0 bridgehead atoms. The quantitative estimate of drug-likeness (QED) is 0.524. The van der Waals surface area contributed by atoms with Gasteiger partial charge in [0.05, 0.1) is 16.7 Å². The zero-order chi connectivity index (χ0) is 22.3. The van der Waals surface area contributed by atoms with Gasteiger partial charge in [-0.25, -0.2) is 8.42 Å². The van der Waals surface area contributed by atoms with Crippen LogP contribution in [0.5, 0.6) is 5.75 Å². The molecule has 2 heterocycles. The fraction of sp³-hybridized carbons (Fsp3) is 0.320. The van der Waals surface area contributed by atoms with E-state index in [4.69, 9.17) is 4.74 Å². The third-order valence-corrected chi connectivity index (χ3v) is 9.30. The molecule has 1 atom stereocenters. The monoisotopic (exact) mass is 467 g/mol. The molecule has 2 aromatic carbocycles. The van der Waals surface area contributed by atoms with Crippen LogP contribution in [-0.4, -0.2) is 20.4 Å². The van der Waals surface area contributed by atoms with Gasteiger partial charge in [0.15, 0.2) is 0 Å². The molecule has 2 aliphatic rings. The van der Waals surface area contributed by atoms with Crippen LogP contribution in [0.25, 0.3) is 0 Å². The Bertz CT molecular complexity index is 1240. The Kier molecular flexibility index (Phi) is 5.55. The lowest BCUT2D eigenvalue weighted by Crippen LogP contribution is -2.23. The van der Waals surface area contributed by atoms with E-state index in [0.29, 0.717) is 18.2 Å². The predicted molar refractivity (Wildman–Crippen MR) is 125 cm³/mol. The largest absolute Gasteiger partial charge is 0.490 e. The molecule has 1 aliphatic carbocycles. The molecular formula is C25H25NO4S2. The summed E-state index contributed by atoms with van der Waals surface area (Å²) in [7, 11) is -3.73. The molecule has 0 radical (unpaired) electrons. The number of anilines is 1. The van der Waals surface area contributed by atoms with Crippen LogP contribution >= 0.6 is 11.3 Å². The van der Waals surface area contributed by atoms with Gasteiger partial charge in [0, 0.05) is 22.6 Å². The van der Waals surface area contributed by atoms with Crippen LogP contribution in [0.4, 0.5) is 5.69 Å². The summed E-state index contributed by atoms with van der Waals surface area (Å²) in [6, 6.07) is 14.7. The fourth-order valence-corrected chi connectivity index (χ4v) is 7.40. The van der Waals surface area contributed by atoms with E-state index in [1.54, 1.807) is 29.6 Å². The van der Waals surface area contributed by atoms with Gasteiger partial charge in [-0.3, -0.25) is 4.79 Å². The number of nitrogens with one attached hydrogen (secondary N) is 1. The number of hydrogen-bond acceptors (Lipinski definition) is 5. The van der Waals surface area contributed by atoms with Crippen molar-refractivity contribution in [3.8, 4) is 5.75 Å². The predicted octanol–water partition coefficient (Wildman–Crippen LogP) is 5.68. The highest BCUT2D eigenvalue weighted by Gasteiger charge is 2.34. The van der Waals surface area contributed by atoms with Crippen molar-refractivity contribution in [3.63, 3.8) is 0 Å².